The fourth-order valence-corrected chi connectivity index (χ4v) is 8.44. The van der Waals surface area contributed by atoms with E-state index in [1.807, 2.05) is 23.6 Å². The first-order chi connectivity index (χ1) is 28.0. The van der Waals surface area contributed by atoms with Crippen LogP contribution in [0.4, 0.5) is 9.59 Å². The van der Waals surface area contributed by atoms with Gasteiger partial charge in [-0.3, -0.25) is 9.59 Å². The number of imidazole rings is 1. The Hall–Kier alpha value is -5.67. The number of nitrogens with one attached hydrogen (secondary N) is 4. The van der Waals surface area contributed by atoms with Gasteiger partial charge in [0.1, 0.15) is 17.9 Å². The van der Waals surface area contributed by atoms with Crippen molar-refractivity contribution in [1.82, 2.24) is 35.4 Å². The molecule has 58 heavy (non-hydrogen) atoms. The normalized spacial score (nSPS) is 19.2. The lowest BCUT2D eigenvalue weighted by molar-refractivity contribution is -0.137. The Morgan fingerprint density at radius 3 is 1.86 bits per heavy atom. The molecule has 308 valence electrons. The number of ether oxygens (including phenoxy) is 4. The second-order valence-corrected chi connectivity index (χ2v) is 15.5. The first kappa shape index (κ1) is 40.5. The summed E-state index contributed by atoms with van der Waals surface area (Å²) < 4.78 is 21.0. The van der Waals surface area contributed by atoms with E-state index < -0.39 is 30.4 Å². The molecule has 4 amide bonds. The number of fused-ring (bicyclic) bond motifs is 1. The van der Waals surface area contributed by atoms with Crippen LogP contribution in [0.2, 0.25) is 0 Å². The van der Waals surface area contributed by atoms with Gasteiger partial charge in [0.05, 0.1) is 63.2 Å². The molecule has 3 aliphatic rings. The van der Waals surface area contributed by atoms with Gasteiger partial charge in [-0.05, 0) is 60.8 Å². The zero-order valence-electron chi connectivity index (χ0n) is 33.9. The smallest absolute Gasteiger partial charge is 0.407 e. The molecular formula is C43H53N7O8. The van der Waals surface area contributed by atoms with Crippen molar-refractivity contribution >= 4 is 24.0 Å². The summed E-state index contributed by atoms with van der Waals surface area (Å²) in [5, 5.41) is 5.36. The number of methoxy groups -OCH3 is 3. The van der Waals surface area contributed by atoms with Crippen LogP contribution >= 0.6 is 0 Å². The van der Waals surface area contributed by atoms with Gasteiger partial charge in [0, 0.05) is 37.0 Å². The highest BCUT2D eigenvalue weighted by Crippen LogP contribution is 2.42. The Kier molecular flexibility index (Phi) is 12.2. The Balaban J connectivity index is 1.05. The van der Waals surface area contributed by atoms with Crippen molar-refractivity contribution in [2.75, 3.05) is 34.4 Å². The second kappa shape index (κ2) is 17.4. The molecule has 2 saturated heterocycles. The van der Waals surface area contributed by atoms with Crippen LogP contribution in [0, 0.1) is 5.92 Å². The topological polar surface area (TPSA) is 180 Å². The third-order valence-electron chi connectivity index (χ3n) is 11.7. The Bertz CT molecular complexity index is 2110. The number of amides is 4. The van der Waals surface area contributed by atoms with Crippen LogP contribution in [0.5, 0.6) is 0 Å². The Morgan fingerprint density at radius 2 is 1.26 bits per heavy atom. The number of nitrogens with zero attached hydrogens (tertiary/aromatic N) is 3. The van der Waals surface area contributed by atoms with E-state index in [4.69, 9.17) is 18.9 Å². The summed E-state index contributed by atoms with van der Waals surface area (Å²) in [5.41, 5.74) is 9.10. The van der Waals surface area contributed by atoms with Gasteiger partial charge in [-0.25, -0.2) is 14.6 Å². The maximum absolute atomic E-state index is 13.9. The Labute approximate surface area is 338 Å². The number of likely N-dealkylation sites (tertiary alicyclic amines) is 2. The van der Waals surface area contributed by atoms with Crippen LogP contribution in [-0.4, -0.2) is 101 Å². The molecule has 0 spiro atoms. The van der Waals surface area contributed by atoms with E-state index in [0.717, 1.165) is 82.0 Å². The summed E-state index contributed by atoms with van der Waals surface area (Å²) >= 11 is 0. The molecule has 5 atom stereocenters. The quantitative estimate of drug-likeness (QED) is 0.129. The second-order valence-electron chi connectivity index (χ2n) is 15.5. The number of aromatic amines is 2. The van der Waals surface area contributed by atoms with E-state index in [1.54, 1.807) is 13.1 Å². The number of alkyl carbamates (subject to hydrolysis) is 2. The summed E-state index contributed by atoms with van der Waals surface area (Å²) in [4.78, 5) is 67.0. The zero-order chi connectivity index (χ0) is 41.1. The maximum atomic E-state index is 13.9. The van der Waals surface area contributed by atoms with E-state index in [1.165, 1.54) is 21.3 Å². The van der Waals surface area contributed by atoms with Crippen molar-refractivity contribution in [2.24, 2.45) is 5.92 Å². The molecule has 4 aromatic rings. The molecule has 0 saturated carbocycles. The number of aromatic nitrogens is 3. The summed E-state index contributed by atoms with van der Waals surface area (Å²) in [6.45, 7) is 7.65. The molecule has 15 heteroatoms. The molecule has 0 bridgehead atoms. The van der Waals surface area contributed by atoms with E-state index in [9.17, 15) is 19.2 Å². The molecule has 1 unspecified atom stereocenters. The third kappa shape index (κ3) is 8.05. The predicted octanol–water partition coefficient (Wildman–Crippen LogP) is 6.24. The SMILES string of the molecule is COC(=O)N[C@H](C(=O)N1CCC[C@H]1c1ncc(-c2ccc(-c3ccc(-c4[nH]c([C@H]5CCCN5C(=O)[C@@H](NC(=O)OC)C(C)OC)c5c4COC5)cc3)cc2)[nH]1)C(C)C. The first-order valence-electron chi connectivity index (χ1n) is 19.9. The van der Waals surface area contributed by atoms with E-state index in [0.29, 0.717) is 26.3 Å². The highest BCUT2D eigenvalue weighted by molar-refractivity contribution is 5.87. The monoisotopic (exact) mass is 795 g/mol. The van der Waals surface area contributed by atoms with Crippen molar-refractivity contribution in [3.05, 3.63) is 77.4 Å². The van der Waals surface area contributed by atoms with Crippen LogP contribution in [0.25, 0.3) is 33.6 Å². The van der Waals surface area contributed by atoms with Gasteiger partial charge in [-0.15, -0.1) is 0 Å². The maximum Gasteiger partial charge on any atom is 0.407 e. The standard InChI is InChI=1S/C43H53N7O8/c1-24(2)35(47-42(53)56-5)40(51)50-20-8-10-34(50)39-44-21-32(45-39)28-15-11-26(12-16-28)27-13-17-29(18-14-27)37-30-22-58-23-31(30)38(46-37)33-9-7-19-49(33)41(52)36(25(3)55-4)48-43(54)57-6/h11-18,21,24-25,33-36,46H,7-10,19-20,22-23H2,1-6H3,(H,44,45)(H,47,53)(H,48,54)/t25?,33-,34+,35+,36+/m1/s1. The number of hydrogen-bond acceptors (Lipinski definition) is 9. The van der Waals surface area contributed by atoms with Crippen LogP contribution in [0.3, 0.4) is 0 Å². The number of benzene rings is 2. The van der Waals surface area contributed by atoms with Crippen molar-refractivity contribution < 1.29 is 38.1 Å². The van der Waals surface area contributed by atoms with Crippen molar-refractivity contribution in [3.8, 4) is 33.6 Å². The largest absolute Gasteiger partial charge is 0.453 e. The molecular weight excluding hydrogens is 743 g/mol. The molecule has 2 fully saturated rings. The molecule has 3 aliphatic heterocycles. The van der Waals surface area contributed by atoms with Crippen molar-refractivity contribution in [3.63, 3.8) is 0 Å². The minimum absolute atomic E-state index is 0.109. The lowest BCUT2D eigenvalue weighted by atomic mass is 9.99. The molecule has 0 radical (unpaired) electrons. The average Bonchev–Trinajstić information content (AvgIpc) is 4.10. The fourth-order valence-electron chi connectivity index (χ4n) is 8.44. The van der Waals surface area contributed by atoms with Crippen LogP contribution < -0.4 is 10.6 Å². The van der Waals surface area contributed by atoms with E-state index >= 15 is 0 Å². The van der Waals surface area contributed by atoms with Gasteiger partial charge in [0.25, 0.3) is 0 Å². The number of H-pyrrole nitrogens is 2. The minimum Gasteiger partial charge on any atom is -0.453 e. The summed E-state index contributed by atoms with van der Waals surface area (Å²) in [6.07, 6.45) is 3.18. The van der Waals surface area contributed by atoms with E-state index in [2.05, 4.69) is 74.1 Å². The van der Waals surface area contributed by atoms with Gasteiger partial charge in [0.15, 0.2) is 0 Å². The van der Waals surface area contributed by atoms with Crippen molar-refractivity contribution in [1.29, 1.82) is 0 Å². The van der Waals surface area contributed by atoms with Gasteiger partial charge in [-0.2, -0.15) is 0 Å². The highest BCUT2D eigenvalue weighted by atomic mass is 16.5. The highest BCUT2D eigenvalue weighted by Gasteiger charge is 2.41. The molecule has 7 rings (SSSR count). The number of carbonyl (C=O) groups excluding carboxylic acids is 4. The Morgan fingerprint density at radius 1 is 0.724 bits per heavy atom. The average molecular weight is 796 g/mol. The fraction of sp³-hybridized carbons (Fsp3) is 0.465. The molecule has 0 aliphatic carbocycles. The number of hydrogen-bond donors (Lipinski definition) is 4. The first-order valence-corrected chi connectivity index (χ1v) is 19.9. The molecule has 2 aromatic heterocycles. The third-order valence-corrected chi connectivity index (χ3v) is 11.7. The van der Waals surface area contributed by atoms with Crippen LogP contribution in [-0.2, 0) is 41.8 Å². The van der Waals surface area contributed by atoms with Gasteiger partial charge in [0.2, 0.25) is 11.8 Å². The zero-order valence-corrected chi connectivity index (χ0v) is 33.9. The molecule has 4 N–H and O–H groups in total. The lowest BCUT2D eigenvalue weighted by Gasteiger charge is -2.31. The summed E-state index contributed by atoms with van der Waals surface area (Å²) in [6, 6.07) is 14.7. The van der Waals surface area contributed by atoms with Crippen molar-refractivity contribution in [2.45, 2.75) is 89.9 Å². The lowest BCUT2D eigenvalue weighted by Crippen LogP contribution is -2.54. The summed E-state index contributed by atoms with van der Waals surface area (Å²) in [5.74, 6) is 0.254. The van der Waals surface area contributed by atoms with Crippen LogP contribution in [0.1, 0.15) is 81.2 Å². The molecule has 2 aromatic carbocycles. The summed E-state index contributed by atoms with van der Waals surface area (Å²) in [7, 11) is 4.07. The number of rotatable bonds is 12. The molecule has 5 heterocycles. The van der Waals surface area contributed by atoms with E-state index in [-0.39, 0.29) is 29.8 Å². The number of carbonyl (C=O) groups is 4. The van der Waals surface area contributed by atoms with Gasteiger partial charge >= 0.3 is 12.2 Å². The minimum atomic E-state index is -0.891. The van der Waals surface area contributed by atoms with Gasteiger partial charge in [-0.1, -0.05) is 62.4 Å². The van der Waals surface area contributed by atoms with Crippen LogP contribution in [0.15, 0.2) is 54.7 Å². The predicted molar refractivity (Wildman–Crippen MR) is 215 cm³/mol. The molecule has 15 nitrogen and oxygen atoms in total. The van der Waals surface area contributed by atoms with Gasteiger partial charge < -0.3 is 49.3 Å².